The van der Waals surface area contributed by atoms with E-state index in [1.165, 1.54) is 61.5 Å². The number of nitrogens with zero attached hydrogens (tertiary/aromatic N) is 5. The van der Waals surface area contributed by atoms with Gasteiger partial charge in [-0.1, -0.05) is 64.1 Å². The van der Waals surface area contributed by atoms with Gasteiger partial charge >= 0.3 is 29.6 Å². The molecule has 0 atom stereocenters. The molecule has 0 bridgehead atoms. The molecule has 464 valence electrons. The number of halogens is 5. The molecule has 2 amide bonds. The van der Waals surface area contributed by atoms with Gasteiger partial charge in [-0.05, 0) is 158 Å². The molecule has 5 aromatic carbocycles. The normalized spacial score (nSPS) is 14.1. The molecule has 0 unspecified atom stereocenters. The van der Waals surface area contributed by atoms with Crippen molar-refractivity contribution in [1.29, 1.82) is 5.26 Å². The molecular formula is C60H65Cl5N9NaO9S4. The number of carbonyl (C=O) groups is 2. The summed E-state index contributed by atoms with van der Waals surface area (Å²) in [5, 5.41) is 19.4. The van der Waals surface area contributed by atoms with Crippen LogP contribution in [0.15, 0.2) is 99.4 Å². The van der Waals surface area contributed by atoms with E-state index in [0.29, 0.717) is 84.1 Å². The average Bonchev–Trinajstić information content (AvgIpc) is 2.07. The number of hydrogen-bond donors (Lipinski definition) is 4. The summed E-state index contributed by atoms with van der Waals surface area (Å²) in [7, 11) is -7.90. The zero-order valence-corrected chi connectivity index (χ0v) is 58.7. The zero-order chi connectivity index (χ0) is 63.3. The molecule has 3 aliphatic rings. The quantitative estimate of drug-likeness (QED) is 0.0620. The third-order valence-corrected chi connectivity index (χ3v) is 19.9. The van der Waals surface area contributed by atoms with Gasteiger partial charge in [0, 0.05) is 73.3 Å². The Labute approximate surface area is 569 Å². The monoisotopic (exact) mass is 1380 g/mol. The predicted molar refractivity (Wildman–Crippen MR) is 356 cm³/mol. The van der Waals surface area contributed by atoms with Crippen LogP contribution in [0.3, 0.4) is 0 Å². The Hall–Kier alpha value is -5.04. The SMILES string of the molecule is CC#N.Cc1cc(Cl)c(N2CCOCC2)c(C)c1N.Cc1cc(Cl)c(N2CCOCC2)c(C)c1NC(=O)c1sccc1NS(=O)(=O)c1ccc(Cl)cc1.Cc1cc(Cl)c(N2CCOCC2)c(C)c1NC(=O)c1sccc1[N-]S(=O)(=O)c1ccc(Cl)cc1.[Na+]. The largest absolute Gasteiger partial charge is 1.00 e. The number of rotatable bonds is 13. The minimum Gasteiger partial charge on any atom is -0.571 e. The second-order valence-electron chi connectivity index (χ2n) is 19.9. The van der Waals surface area contributed by atoms with Crippen molar-refractivity contribution in [3.63, 3.8) is 0 Å². The van der Waals surface area contributed by atoms with Gasteiger partial charge in [-0.3, -0.25) is 14.3 Å². The van der Waals surface area contributed by atoms with Crippen LogP contribution in [0.25, 0.3) is 4.72 Å². The Morgan fingerprint density at radius 3 is 1.36 bits per heavy atom. The molecule has 5 heterocycles. The summed E-state index contributed by atoms with van der Waals surface area (Å²) in [6.45, 7) is 21.5. The molecule has 3 fully saturated rings. The van der Waals surface area contributed by atoms with Crippen LogP contribution in [0, 0.1) is 52.9 Å². The minimum absolute atomic E-state index is 0. The molecule has 0 saturated carbocycles. The van der Waals surface area contributed by atoms with Crippen molar-refractivity contribution in [2.75, 3.05) is 115 Å². The van der Waals surface area contributed by atoms with Gasteiger partial charge in [-0.25, -0.2) is 16.8 Å². The number of aryl methyl sites for hydroxylation is 3. The van der Waals surface area contributed by atoms with Crippen molar-refractivity contribution in [2.24, 2.45) is 0 Å². The Balaban J connectivity index is 0.000000217. The topological polar surface area (TPSA) is 240 Å². The van der Waals surface area contributed by atoms with Crippen LogP contribution in [0.1, 0.15) is 59.6 Å². The van der Waals surface area contributed by atoms with E-state index in [-0.39, 0.29) is 60.5 Å². The number of carbonyl (C=O) groups excluding carboxylic acids is 2. The zero-order valence-electron chi connectivity index (χ0n) is 49.7. The van der Waals surface area contributed by atoms with Crippen LogP contribution in [0.2, 0.25) is 25.1 Å². The van der Waals surface area contributed by atoms with E-state index in [1.54, 1.807) is 22.9 Å². The number of anilines is 7. The van der Waals surface area contributed by atoms with Crippen molar-refractivity contribution >= 4 is 158 Å². The van der Waals surface area contributed by atoms with Crippen LogP contribution in [-0.2, 0) is 34.3 Å². The van der Waals surface area contributed by atoms with Gasteiger partial charge in [-0.2, -0.15) is 5.26 Å². The number of nitrogens with two attached hydrogens (primary N) is 1. The molecule has 7 aromatic rings. The first-order valence-electron chi connectivity index (χ1n) is 27.1. The molecule has 0 aliphatic carbocycles. The maximum Gasteiger partial charge on any atom is 1.00 e. The second kappa shape index (κ2) is 32.8. The van der Waals surface area contributed by atoms with Gasteiger partial charge in [-0.15, -0.1) is 28.4 Å². The summed E-state index contributed by atoms with van der Waals surface area (Å²) < 4.78 is 73.7. The maximum atomic E-state index is 13.2. The van der Waals surface area contributed by atoms with Crippen molar-refractivity contribution in [3.05, 3.63) is 163 Å². The van der Waals surface area contributed by atoms with E-state index < -0.39 is 31.9 Å². The summed E-state index contributed by atoms with van der Waals surface area (Å²) in [5.74, 6) is -0.855. The minimum atomic E-state index is -4.01. The molecule has 0 spiro atoms. The fourth-order valence-electron chi connectivity index (χ4n) is 9.75. The van der Waals surface area contributed by atoms with Crippen LogP contribution in [0.5, 0.6) is 0 Å². The van der Waals surface area contributed by atoms with Crippen molar-refractivity contribution in [2.45, 2.75) is 58.3 Å². The van der Waals surface area contributed by atoms with Gasteiger partial charge in [0.15, 0.2) is 0 Å². The second-order valence-corrected chi connectivity index (χ2v) is 27.1. The molecule has 2 aromatic heterocycles. The molecule has 10 rings (SSSR count). The van der Waals surface area contributed by atoms with Gasteiger partial charge in [0.05, 0.1) is 98.2 Å². The third kappa shape index (κ3) is 18.1. The molecular weight excluding hydrogens is 1320 g/mol. The molecule has 0 radical (unpaired) electrons. The number of hydrogen-bond acceptors (Lipinski definition) is 16. The van der Waals surface area contributed by atoms with Gasteiger partial charge < -0.3 is 50.0 Å². The van der Waals surface area contributed by atoms with E-state index in [9.17, 15) is 26.4 Å². The first-order valence-corrected chi connectivity index (χ1v) is 33.7. The van der Waals surface area contributed by atoms with Gasteiger partial charge in [0.25, 0.3) is 21.8 Å². The van der Waals surface area contributed by atoms with E-state index in [4.69, 9.17) is 83.2 Å². The standard InChI is InChI=1S/2C23H23Cl2N3O4S2.C12H17ClN2O.C2H3N.Na/c2*1-14-13-18(25)21(28-8-10-32-11-9-28)15(2)20(14)26-23(29)22-19(7-12-33-22)27-34(30,31)17-5-3-16(24)4-6-17;1-8-7-10(13)12(9(2)11(8)14)15-3-5-16-6-4-15;1-2-3;/h3-7,12-13H,8-11H2,1-2H3,(H2,26,27,29);3-7,12-13,27H,8-11H2,1-2H3,(H,26,29);7H,3-6,14H2,1-2H3;1H3;/q;;;;+1/p-1. The van der Waals surface area contributed by atoms with E-state index in [1.807, 2.05) is 59.7 Å². The maximum absolute atomic E-state index is 13.2. The number of nitrogen functional groups attached to an aromatic ring is 1. The molecule has 18 nitrogen and oxygen atoms in total. The van der Waals surface area contributed by atoms with E-state index in [2.05, 4.69) is 34.8 Å². The number of benzene rings is 5. The average molecular weight is 1380 g/mol. The first-order chi connectivity index (χ1) is 41.4. The fraction of sp³-hybridized carbons (Fsp3) is 0.317. The van der Waals surface area contributed by atoms with Crippen LogP contribution in [-0.4, -0.2) is 108 Å². The number of ether oxygens (including phenoxy) is 3. The molecule has 88 heavy (non-hydrogen) atoms. The molecule has 3 aliphatic heterocycles. The smallest absolute Gasteiger partial charge is 0.571 e. The van der Waals surface area contributed by atoms with Crippen molar-refractivity contribution in [3.8, 4) is 6.07 Å². The number of morpholine rings is 3. The van der Waals surface area contributed by atoms with E-state index >= 15 is 0 Å². The number of amides is 2. The summed E-state index contributed by atoms with van der Waals surface area (Å²) in [5.41, 5.74) is 16.6. The Morgan fingerprint density at radius 2 is 0.932 bits per heavy atom. The van der Waals surface area contributed by atoms with Crippen LogP contribution < -0.4 is 65.3 Å². The molecule has 28 heteroatoms. The van der Waals surface area contributed by atoms with Crippen molar-refractivity contribution < 1.29 is 70.2 Å². The van der Waals surface area contributed by atoms with Gasteiger partial charge in [0.1, 0.15) is 14.9 Å². The molecule has 3 saturated heterocycles. The third-order valence-electron chi connectivity index (χ3n) is 14.0. The van der Waals surface area contributed by atoms with Crippen LogP contribution in [0.4, 0.5) is 45.5 Å². The summed E-state index contributed by atoms with van der Waals surface area (Å²) in [4.78, 5) is 33.4. The Bertz CT molecular complexity index is 3670. The Morgan fingerprint density at radius 1 is 0.568 bits per heavy atom. The number of sulfonamides is 2. The predicted octanol–water partition coefficient (Wildman–Crippen LogP) is 11.6. The molecule has 5 N–H and O–H groups in total. The van der Waals surface area contributed by atoms with E-state index in [0.717, 1.165) is 110 Å². The summed E-state index contributed by atoms with van der Waals surface area (Å²) in [6.07, 6.45) is 0. The Kier molecular flexibility index (Phi) is 26.9. The van der Waals surface area contributed by atoms with Crippen molar-refractivity contribution in [1.82, 2.24) is 0 Å². The number of thiophene rings is 2. The first kappa shape index (κ1) is 72.0. The summed E-state index contributed by atoms with van der Waals surface area (Å²) in [6, 6.07) is 21.9. The number of nitrogens with one attached hydrogen (secondary N) is 3. The fourth-order valence-corrected chi connectivity index (χ4v) is 14.9. The summed E-state index contributed by atoms with van der Waals surface area (Å²) >= 11 is 33.4. The van der Waals surface area contributed by atoms with Gasteiger partial charge in [0.2, 0.25) is 0 Å². The van der Waals surface area contributed by atoms with Crippen LogP contribution >= 0.6 is 80.7 Å². The number of nitriles is 1.